The molecule has 0 aromatic rings. The Labute approximate surface area is 78.0 Å². The summed E-state index contributed by atoms with van der Waals surface area (Å²) in [6.07, 6.45) is 1.88. The summed E-state index contributed by atoms with van der Waals surface area (Å²) in [4.78, 5) is 0. The van der Waals surface area contributed by atoms with Crippen LogP contribution in [-0.2, 0) is 9.47 Å². The van der Waals surface area contributed by atoms with Gasteiger partial charge in [0.1, 0.15) is 5.60 Å². The van der Waals surface area contributed by atoms with Gasteiger partial charge < -0.3 is 14.6 Å². The number of aliphatic hydroxyl groups is 1. The SMILES string of the molecule is CC1(C2CC(O)C3(C)OC3C2)CO1. The van der Waals surface area contributed by atoms with Gasteiger partial charge in [0.25, 0.3) is 0 Å². The zero-order valence-corrected chi connectivity index (χ0v) is 8.12. The van der Waals surface area contributed by atoms with Crippen molar-refractivity contribution in [3.8, 4) is 0 Å². The van der Waals surface area contributed by atoms with Crippen LogP contribution in [0.5, 0.6) is 0 Å². The first-order chi connectivity index (χ1) is 6.05. The molecule has 1 saturated carbocycles. The molecule has 5 unspecified atom stereocenters. The van der Waals surface area contributed by atoms with Crippen LogP contribution in [0.3, 0.4) is 0 Å². The number of fused-ring (bicyclic) bond motifs is 1. The Morgan fingerprint density at radius 2 is 2.00 bits per heavy atom. The lowest BCUT2D eigenvalue weighted by atomic mass is 9.75. The topological polar surface area (TPSA) is 45.3 Å². The summed E-state index contributed by atoms with van der Waals surface area (Å²) in [6, 6.07) is 0. The molecule has 0 radical (unpaired) electrons. The van der Waals surface area contributed by atoms with Crippen LogP contribution >= 0.6 is 0 Å². The molecule has 3 rings (SSSR count). The molecule has 0 spiro atoms. The summed E-state index contributed by atoms with van der Waals surface area (Å²) >= 11 is 0. The summed E-state index contributed by atoms with van der Waals surface area (Å²) in [5.74, 6) is 0.489. The van der Waals surface area contributed by atoms with E-state index in [-0.39, 0.29) is 23.4 Å². The first-order valence-electron chi connectivity index (χ1n) is 5.04. The van der Waals surface area contributed by atoms with Crippen LogP contribution in [0.4, 0.5) is 0 Å². The second kappa shape index (κ2) is 2.10. The minimum atomic E-state index is -0.294. The molecule has 0 amide bonds. The van der Waals surface area contributed by atoms with E-state index in [0.29, 0.717) is 5.92 Å². The normalized spacial score (nSPS) is 64.4. The van der Waals surface area contributed by atoms with Gasteiger partial charge in [0.15, 0.2) is 0 Å². The van der Waals surface area contributed by atoms with Crippen molar-refractivity contribution in [1.29, 1.82) is 0 Å². The van der Waals surface area contributed by atoms with Gasteiger partial charge in [-0.1, -0.05) is 0 Å². The Balaban J connectivity index is 1.75. The highest BCUT2D eigenvalue weighted by Crippen LogP contribution is 2.54. The average Bonchev–Trinajstić information content (AvgIpc) is 2.90. The van der Waals surface area contributed by atoms with E-state index in [1.165, 1.54) is 0 Å². The van der Waals surface area contributed by atoms with E-state index in [2.05, 4.69) is 6.92 Å². The van der Waals surface area contributed by atoms with Crippen molar-refractivity contribution in [2.24, 2.45) is 5.92 Å². The van der Waals surface area contributed by atoms with E-state index >= 15 is 0 Å². The minimum absolute atomic E-state index is 0.0499. The van der Waals surface area contributed by atoms with Crippen molar-refractivity contribution in [3.63, 3.8) is 0 Å². The summed E-state index contributed by atoms with van der Waals surface area (Å²) in [5.41, 5.74) is -0.171. The van der Waals surface area contributed by atoms with E-state index in [1.54, 1.807) is 0 Å². The molecule has 1 N–H and O–H groups in total. The van der Waals surface area contributed by atoms with Crippen LogP contribution in [0.1, 0.15) is 26.7 Å². The van der Waals surface area contributed by atoms with Crippen LogP contribution in [0, 0.1) is 5.92 Å². The van der Waals surface area contributed by atoms with Crippen LogP contribution in [0.15, 0.2) is 0 Å². The third-order valence-electron chi connectivity index (χ3n) is 4.11. The predicted molar refractivity (Wildman–Crippen MR) is 46.4 cm³/mol. The van der Waals surface area contributed by atoms with Crippen molar-refractivity contribution >= 4 is 0 Å². The zero-order valence-electron chi connectivity index (χ0n) is 8.12. The van der Waals surface area contributed by atoms with Crippen LogP contribution in [0.2, 0.25) is 0 Å². The van der Waals surface area contributed by atoms with E-state index in [1.807, 2.05) is 6.92 Å². The first-order valence-corrected chi connectivity index (χ1v) is 5.04. The molecule has 13 heavy (non-hydrogen) atoms. The van der Waals surface area contributed by atoms with Gasteiger partial charge in [-0.2, -0.15) is 0 Å². The van der Waals surface area contributed by atoms with Crippen molar-refractivity contribution in [3.05, 3.63) is 0 Å². The molecule has 3 nitrogen and oxygen atoms in total. The van der Waals surface area contributed by atoms with Gasteiger partial charge in [-0.25, -0.2) is 0 Å². The monoisotopic (exact) mass is 184 g/mol. The number of hydrogen-bond acceptors (Lipinski definition) is 3. The first kappa shape index (κ1) is 8.21. The van der Waals surface area contributed by atoms with E-state index in [9.17, 15) is 5.11 Å². The van der Waals surface area contributed by atoms with Gasteiger partial charge in [-0.3, -0.25) is 0 Å². The lowest BCUT2D eigenvalue weighted by Crippen LogP contribution is -2.40. The molecule has 3 aliphatic rings. The highest BCUT2D eigenvalue weighted by Gasteiger charge is 2.64. The predicted octanol–water partition coefficient (Wildman–Crippen LogP) is 0.704. The highest BCUT2D eigenvalue weighted by atomic mass is 16.6. The maximum Gasteiger partial charge on any atom is 0.118 e. The lowest BCUT2D eigenvalue weighted by Gasteiger charge is -2.29. The van der Waals surface area contributed by atoms with Crippen LogP contribution < -0.4 is 0 Å². The van der Waals surface area contributed by atoms with Crippen LogP contribution in [-0.4, -0.2) is 35.1 Å². The zero-order chi connectivity index (χ0) is 9.27. The second-order valence-electron chi connectivity index (χ2n) is 5.08. The number of rotatable bonds is 1. The third-order valence-corrected chi connectivity index (χ3v) is 4.11. The van der Waals surface area contributed by atoms with Gasteiger partial charge in [-0.15, -0.1) is 0 Å². The molecule has 2 aliphatic heterocycles. The highest BCUT2D eigenvalue weighted by molar-refractivity contribution is 5.13. The van der Waals surface area contributed by atoms with Crippen molar-refractivity contribution in [1.82, 2.24) is 0 Å². The minimum Gasteiger partial charge on any atom is -0.390 e. The Bertz CT molecular complexity index is 249. The van der Waals surface area contributed by atoms with Gasteiger partial charge in [0.2, 0.25) is 0 Å². The molecule has 2 saturated heterocycles. The smallest absolute Gasteiger partial charge is 0.118 e. The lowest BCUT2D eigenvalue weighted by molar-refractivity contribution is 0.0428. The molecule has 0 aromatic carbocycles. The molecule has 74 valence electrons. The van der Waals surface area contributed by atoms with Crippen LogP contribution in [0.25, 0.3) is 0 Å². The number of ether oxygens (including phenoxy) is 2. The van der Waals surface area contributed by atoms with Crippen molar-refractivity contribution in [2.75, 3.05) is 6.61 Å². The molecule has 3 fully saturated rings. The van der Waals surface area contributed by atoms with Gasteiger partial charge >= 0.3 is 0 Å². The molecular weight excluding hydrogens is 168 g/mol. The Hall–Kier alpha value is -0.120. The molecule has 0 aromatic heterocycles. The van der Waals surface area contributed by atoms with Gasteiger partial charge in [0.05, 0.1) is 24.4 Å². The number of aliphatic hydroxyl groups excluding tert-OH is 1. The van der Waals surface area contributed by atoms with Crippen molar-refractivity contribution in [2.45, 2.75) is 50.1 Å². The van der Waals surface area contributed by atoms with Gasteiger partial charge in [0, 0.05) is 0 Å². The molecule has 0 bridgehead atoms. The molecule has 3 heteroatoms. The maximum atomic E-state index is 9.86. The Morgan fingerprint density at radius 1 is 1.31 bits per heavy atom. The summed E-state index contributed by atoms with van der Waals surface area (Å²) < 4.78 is 10.9. The summed E-state index contributed by atoms with van der Waals surface area (Å²) in [5, 5.41) is 9.86. The fourth-order valence-electron chi connectivity index (χ4n) is 2.55. The quantitative estimate of drug-likeness (QED) is 0.610. The molecule has 1 aliphatic carbocycles. The maximum absolute atomic E-state index is 9.86. The summed E-state index contributed by atoms with van der Waals surface area (Å²) in [6.45, 7) is 5.00. The average molecular weight is 184 g/mol. The van der Waals surface area contributed by atoms with E-state index in [0.717, 1.165) is 19.4 Å². The third kappa shape index (κ3) is 1.01. The molecular formula is C10H16O3. The number of epoxide rings is 2. The fraction of sp³-hybridized carbons (Fsp3) is 1.00. The molecule has 2 heterocycles. The van der Waals surface area contributed by atoms with Gasteiger partial charge in [-0.05, 0) is 32.6 Å². The standard InChI is InChI=1S/C10H16O3/c1-9(5-12-9)6-3-7(11)10(2)8(4-6)13-10/h6-8,11H,3-5H2,1-2H3. The Kier molecular flexibility index (Phi) is 1.33. The second-order valence-corrected chi connectivity index (χ2v) is 5.08. The van der Waals surface area contributed by atoms with Crippen molar-refractivity contribution < 1.29 is 14.6 Å². The Morgan fingerprint density at radius 3 is 2.54 bits per heavy atom. The fourth-order valence-corrected chi connectivity index (χ4v) is 2.55. The van der Waals surface area contributed by atoms with E-state index in [4.69, 9.17) is 9.47 Å². The van der Waals surface area contributed by atoms with E-state index < -0.39 is 0 Å². The number of hydrogen-bond donors (Lipinski definition) is 1. The molecule has 5 atom stereocenters. The summed E-state index contributed by atoms with van der Waals surface area (Å²) in [7, 11) is 0. The largest absolute Gasteiger partial charge is 0.390 e.